The molecule has 0 bridgehead atoms. The lowest BCUT2D eigenvalue weighted by molar-refractivity contribution is -0.134. The number of aryl methyl sites for hydroxylation is 3. The summed E-state index contributed by atoms with van der Waals surface area (Å²) in [5, 5.41) is 5.86. The lowest BCUT2D eigenvalue weighted by atomic mass is 10.0. The van der Waals surface area contributed by atoms with E-state index in [9.17, 15) is 9.59 Å². The molecule has 0 heterocycles. The molecule has 1 aliphatic carbocycles. The topological polar surface area (TPSA) is 58.2 Å². The van der Waals surface area contributed by atoms with Crippen molar-refractivity contribution >= 4 is 17.5 Å². The molecule has 0 radical (unpaired) electrons. The van der Waals surface area contributed by atoms with E-state index < -0.39 is 5.41 Å². The molecule has 1 fully saturated rings. The molecule has 0 atom stereocenters. The van der Waals surface area contributed by atoms with E-state index in [-0.39, 0.29) is 11.8 Å². The fraction of sp³-hybridized carbons (Fsp3) is 0.333. The fourth-order valence-corrected chi connectivity index (χ4v) is 2.97. The van der Waals surface area contributed by atoms with Crippen molar-refractivity contribution in [1.82, 2.24) is 5.32 Å². The molecule has 0 aliphatic heterocycles. The molecule has 2 aromatic carbocycles. The molecule has 0 saturated heterocycles. The first-order valence-electron chi connectivity index (χ1n) is 8.63. The van der Waals surface area contributed by atoms with E-state index in [4.69, 9.17) is 0 Å². The summed E-state index contributed by atoms with van der Waals surface area (Å²) in [6.45, 7) is 6.40. The van der Waals surface area contributed by atoms with Crippen LogP contribution in [0.2, 0.25) is 0 Å². The van der Waals surface area contributed by atoms with Gasteiger partial charge in [0.25, 0.3) is 0 Å². The van der Waals surface area contributed by atoms with Gasteiger partial charge in [-0.25, -0.2) is 0 Å². The highest BCUT2D eigenvalue weighted by Crippen LogP contribution is 2.47. The normalized spacial score (nSPS) is 14.7. The number of rotatable bonds is 5. The lowest BCUT2D eigenvalue weighted by Crippen LogP contribution is -2.39. The Morgan fingerprint density at radius 3 is 2.36 bits per heavy atom. The van der Waals surface area contributed by atoms with E-state index in [1.165, 1.54) is 0 Å². The minimum Gasteiger partial charge on any atom is -0.351 e. The van der Waals surface area contributed by atoms with E-state index in [1.54, 1.807) is 0 Å². The number of hydrogen-bond acceptors (Lipinski definition) is 2. The SMILES string of the molecule is Cc1cccc(CNC(=O)C2(C(=O)Nc3cc(C)ccc3C)CC2)c1. The molecule has 25 heavy (non-hydrogen) atoms. The number of carbonyl (C=O) groups excluding carboxylic acids is 2. The van der Waals surface area contributed by atoms with Crippen LogP contribution in [0.15, 0.2) is 42.5 Å². The van der Waals surface area contributed by atoms with Gasteiger partial charge >= 0.3 is 0 Å². The summed E-state index contributed by atoms with van der Waals surface area (Å²) in [6, 6.07) is 13.9. The van der Waals surface area contributed by atoms with Crippen LogP contribution >= 0.6 is 0 Å². The third-order valence-electron chi connectivity index (χ3n) is 4.80. The first-order valence-corrected chi connectivity index (χ1v) is 8.63. The average Bonchev–Trinajstić information content (AvgIpc) is 3.38. The Morgan fingerprint density at radius 1 is 0.960 bits per heavy atom. The summed E-state index contributed by atoms with van der Waals surface area (Å²) < 4.78 is 0. The van der Waals surface area contributed by atoms with Crippen molar-refractivity contribution in [3.63, 3.8) is 0 Å². The van der Waals surface area contributed by atoms with Gasteiger partial charge in [-0.1, -0.05) is 42.0 Å². The van der Waals surface area contributed by atoms with Crippen molar-refractivity contribution in [3.8, 4) is 0 Å². The molecule has 1 aliphatic rings. The maximum absolute atomic E-state index is 12.7. The number of carbonyl (C=O) groups is 2. The Kier molecular flexibility index (Phi) is 4.62. The maximum Gasteiger partial charge on any atom is 0.240 e. The molecule has 4 heteroatoms. The summed E-state index contributed by atoms with van der Waals surface area (Å²) in [5.74, 6) is -0.389. The molecule has 2 aromatic rings. The van der Waals surface area contributed by atoms with Crippen LogP contribution in [0.3, 0.4) is 0 Å². The molecular weight excluding hydrogens is 312 g/mol. The van der Waals surface area contributed by atoms with Crippen LogP contribution in [0.5, 0.6) is 0 Å². The largest absolute Gasteiger partial charge is 0.351 e. The van der Waals surface area contributed by atoms with Crippen LogP contribution in [-0.2, 0) is 16.1 Å². The molecule has 1 saturated carbocycles. The van der Waals surface area contributed by atoms with Crippen LogP contribution < -0.4 is 10.6 Å². The predicted molar refractivity (Wildman–Crippen MR) is 99.2 cm³/mol. The van der Waals surface area contributed by atoms with Gasteiger partial charge in [0.1, 0.15) is 5.41 Å². The molecule has 0 unspecified atom stereocenters. The summed E-state index contributed by atoms with van der Waals surface area (Å²) in [4.78, 5) is 25.3. The molecule has 4 nitrogen and oxygen atoms in total. The van der Waals surface area contributed by atoms with Gasteiger partial charge in [-0.3, -0.25) is 9.59 Å². The maximum atomic E-state index is 12.7. The Hall–Kier alpha value is -2.62. The standard InChI is InChI=1S/C21H24N2O2/c1-14-5-4-6-17(11-14)13-22-19(24)21(9-10-21)20(25)23-18-12-15(2)7-8-16(18)3/h4-8,11-12H,9-10,13H2,1-3H3,(H,22,24)(H,23,25). The van der Waals surface area contributed by atoms with Gasteiger partial charge in [-0.15, -0.1) is 0 Å². The lowest BCUT2D eigenvalue weighted by Gasteiger charge is -2.17. The Labute approximate surface area is 148 Å². The quantitative estimate of drug-likeness (QED) is 0.819. The summed E-state index contributed by atoms with van der Waals surface area (Å²) in [6.07, 6.45) is 1.20. The van der Waals surface area contributed by atoms with Crippen molar-refractivity contribution in [1.29, 1.82) is 0 Å². The Bertz CT molecular complexity index is 822. The third kappa shape index (κ3) is 3.73. The first-order chi connectivity index (χ1) is 11.9. The van der Waals surface area contributed by atoms with E-state index in [0.29, 0.717) is 19.4 Å². The van der Waals surface area contributed by atoms with Crippen LogP contribution in [-0.4, -0.2) is 11.8 Å². The van der Waals surface area contributed by atoms with E-state index in [1.807, 2.05) is 63.2 Å². The molecular formula is C21H24N2O2. The first kappa shape index (κ1) is 17.2. The minimum absolute atomic E-state index is 0.184. The number of hydrogen-bond donors (Lipinski definition) is 2. The highest BCUT2D eigenvalue weighted by Gasteiger charge is 2.56. The van der Waals surface area contributed by atoms with Gasteiger partial charge in [0.05, 0.1) is 0 Å². The predicted octanol–water partition coefficient (Wildman–Crippen LogP) is 3.65. The van der Waals surface area contributed by atoms with E-state index in [0.717, 1.165) is 27.9 Å². The van der Waals surface area contributed by atoms with Crippen molar-refractivity contribution in [2.24, 2.45) is 5.41 Å². The average molecular weight is 336 g/mol. The zero-order valence-corrected chi connectivity index (χ0v) is 15.0. The third-order valence-corrected chi connectivity index (χ3v) is 4.80. The summed E-state index contributed by atoms with van der Waals surface area (Å²) in [5.41, 5.74) is 4.13. The van der Waals surface area contributed by atoms with Crippen LogP contribution in [0.1, 0.15) is 35.1 Å². The van der Waals surface area contributed by atoms with Crippen molar-refractivity contribution in [2.45, 2.75) is 40.2 Å². The van der Waals surface area contributed by atoms with Crippen LogP contribution in [0.25, 0.3) is 0 Å². The van der Waals surface area contributed by atoms with Crippen molar-refractivity contribution < 1.29 is 9.59 Å². The highest BCUT2D eigenvalue weighted by molar-refractivity contribution is 6.13. The van der Waals surface area contributed by atoms with Gasteiger partial charge in [0.15, 0.2) is 0 Å². The van der Waals surface area contributed by atoms with Gasteiger partial charge in [0, 0.05) is 12.2 Å². The van der Waals surface area contributed by atoms with E-state index in [2.05, 4.69) is 10.6 Å². The van der Waals surface area contributed by atoms with Gasteiger partial charge in [0.2, 0.25) is 11.8 Å². The summed E-state index contributed by atoms with van der Waals surface area (Å²) >= 11 is 0. The second-order valence-electron chi connectivity index (χ2n) is 7.03. The molecule has 2 N–H and O–H groups in total. The second-order valence-corrected chi connectivity index (χ2v) is 7.03. The van der Waals surface area contributed by atoms with Crippen LogP contribution in [0, 0.1) is 26.2 Å². The number of benzene rings is 2. The zero-order valence-electron chi connectivity index (χ0n) is 15.0. The molecule has 0 aromatic heterocycles. The van der Waals surface area contributed by atoms with Gasteiger partial charge < -0.3 is 10.6 Å². The van der Waals surface area contributed by atoms with Gasteiger partial charge in [-0.05, 0) is 56.4 Å². The van der Waals surface area contributed by atoms with Crippen molar-refractivity contribution in [3.05, 3.63) is 64.7 Å². The van der Waals surface area contributed by atoms with Gasteiger partial charge in [-0.2, -0.15) is 0 Å². The summed E-state index contributed by atoms with van der Waals surface area (Å²) in [7, 11) is 0. The minimum atomic E-state index is -0.917. The number of amides is 2. The molecule has 130 valence electrons. The molecule has 0 spiro atoms. The van der Waals surface area contributed by atoms with Crippen LogP contribution in [0.4, 0.5) is 5.69 Å². The second kappa shape index (κ2) is 6.71. The Balaban J connectivity index is 1.65. The van der Waals surface area contributed by atoms with E-state index >= 15 is 0 Å². The number of anilines is 1. The number of nitrogens with one attached hydrogen (secondary N) is 2. The fourth-order valence-electron chi connectivity index (χ4n) is 2.97. The van der Waals surface area contributed by atoms with Crippen molar-refractivity contribution in [2.75, 3.05) is 5.32 Å². The molecule has 3 rings (SSSR count). The monoisotopic (exact) mass is 336 g/mol. The zero-order chi connectivity index (χ0) is 18.0. The molecule has 2 amide bonds. The highest BCUT2D eigenvalue weighted by atomic mass is 16.2. The smallest absolute Gasteiger partial charge is 0.240 e. The Morgan fingerprint density at radius 2 is 1.68 bits per heavy atom.